The topological polar surface area (TPSA) is 114 Å². The molecule has 0 atom stereocenters. The third-order valence-electron chi connectivity index (χ3n) is 4.81. The number of carbonyl (C=O) groups excluding carboxylic acids is 1. The second-order valence-corrected chi connectivity index (χ2v) is 7.31. The number of benzene rings is 3. The van der Waals surface area contributed by atoms with Crippen LogP contribution in [-0.2, 0) is 11.4 Å². The first-order chi connectivity index (χ1) is 16.4. The fourth-order valence-electron chi connectivity index (χ4n) is 3.09. The fourth-order valence-corrected chi connectivity index (χ4v) is 3.09. The van der Waals surface area contributed by atoms with Crippen LogP contribution in [0.4, 0.5) is 11.4 Å². The van der Waals surface area contributed by atoms with Gasteiger partial charge in [-0.25, -0.2) is 0 Å². The molecule has 8 nitrogen and oxygen atoms in total. The number of para-hydroxylation sites is 2. The Morgan fingerprint density at radius 3 is 2.50 bits per heavy atom. The Labute approximate surface area is 197 Å². The number of aryl methyl sites for hydroxylation is 1. The zero-order valence-electron chi connectivity index (χ0n) is 18.8. The fraction of sp³-hybridized carbons (Fsp3) is 0.154. The highest BCUT2D eigenvalue weighted by Gasteiger charge is 2.17. The first-order valence-corrected chi connectivity index (χ1v) is 10.5. The van der Waals surface area contributed by atoms with Crippen LogP contribution in [0.1, 0.15) is 23.6 Å². The Kier molecular flexibility index (Phi) is 7.97. The summed E-state index contributed by atoms with van der Waals surface area (Å²) in [6.07, 6.45) is 1.39. The van der Waals surface area contributed by atoms with Crippen LogP contribution in [0.3, 0.4) is 0 Å². The Bertz CT molecular complexity index is 1260. The van der Waals surface area contributed by atoms with E-state index in [1.54, 1.807) is 24.3 Å². The minimum atomic E-state index is -0.755. The lowest BCUT2D eigenvalue weighted by Crippen LogP contribution is -2.14. The number of nitrogens with one attached hydrogen (secondary N) is 1. The highest BCUT2D eigenvalue weighted by atomic mass is 16.6. The highest BCUT2D eigenvalue weighted by Crippen LogP contribution is 2.30. The second-order valence-electron chi connectivity index (χ2n) is 7.31. The summed E-state index contributed by atoms with van der Waals surface area (Å²) in [6, 6.07) is 20.6. The highest BCUT2D eigenvalue weighted by molar-refractivity contribution is 6.10. The van der Waals surface area contributed by atoms with Crippen LogP contribution in [0.25, 0.3) is 6.08 Å². The van der Waals surface area contributed by atoms with Crippen molar-refractivity contribution in [2.24, 2.45) is 0 Å². The Morgan fingerprint density at radius 2 is 1.82 bits per heavy atom. The van der Waals surface area contributed by atoms with Crippen LogP contribution >= 0.6 is 0 Å². The van der Waals surface area contributed by atoms with Crippen LogP contribution < -0.4 is 14.8 Å². The minimum Gasteiger partial charge on any atom is -0.490 e. The van der Waals surface area contributed by atoms with E-state index in [4.69, 9.17) is 9.47 Å². The van der Waals surface area contributed by atoms with E-state index in [9.17, 15) is 20.2 Å². The lowest BCUT2D eigenvalue weighted by molar-refractivity contribution is -0.383. The molecule has 0 aliphatic heterocycles. The molecule has 3 rings (SSSR count). The van der Waals surface area contributed by atoms with Crippen molar-refractivity contribution in [2.75, 3.05) is 11.9 Å². The first kappa shape index (κ1) is 24.0. The summed E-state index contributed by atoms with van der Waals surface area (Å²) in [7, 11) is 0. The lowest BCUT2D eigenvalue weighted by Gasteiger charge is -2.13. The summed E-state index contributed by atoms with van der Waals surface area (Å²) in [5, 5.41) is 23.1. The second kappa shape index (κ2) is 11.3. The number of amides is 1. The quantitative estimate of drug-likeness (QED) is 0.198. The molecule has 0 saturated heterocycles. The van der Waals surface area contributed by atoms with Gasteiger partial charge in [0.2, 0.25) is 0 Å². The van der Waals surface area contributed by atoms with Gasteiger partial charge in [0.15, 0.2) is 11.5 Å². The SMILES string of the molecule is CCOc1cc(C=C(C#N)C(=O)Nc2ccccc2[N+](=O)[O-])ccc1OCc1ccc(C)cc1. The molecule has 0 fully saturated rings. The molecule has 0 radical (unpaired) electrons. The zero-order valence-corrected chi connectivity index (χ0v) is 18.8. The molecule has 0 unspecified atom stereocenters. The normalized spacial score (nSPS) is 10.8. The van der Waals surface area contributed by atoms with Gasteiger partial charge in [-0.2, -0.15) is 5.26 Å². The third-order valence-corrected chi connectivity index (χ3v) is 4.81. The molecule has 0 bridgehead atoms. The molecule has 0 heterocycles. The maximum Gasteiger partial charge on any atom is 0.292 e. The Morgan fingerprint density at radius 1 is 1.09 bits per heavy atom. The van der Waals surface area contributed by atoms with Gasteiger partial charge in [-0.3, -0.25) is 14.9 Å². The summed E-state index contributed by atoms with van der Waals surface area (Å²) < 4.78 is 11.6. The average molecular weight is 457 g/mol. The summed E-state index contributed by atoms with van der Waals surface area (Å²) in [5.41, 5.74) is 2.24. The van der Waals surface area contributed by atoms with Crippen molar-refractivity contribution in [1.82, 2.24) is 0 Å². The van der Waals surface area contributed by atoms with E-state index in [1.165, 1.54) is 24.3 Å². The predicted molar refractivity (Wildman–Crippen MR) is 128 cm³/mol. The van der Waals surface area contributed by atoms with Gasteiger partial charge in [0.25, 0.3) is 11.6 Å². The van der Waals surface area contributed by atoms with E-state index >= 15 is 0 Å². The maximum atomic E-state index is 12.6. The summed E-state index contributed by atoms with van der Waals surface area (Å²) in [6.45, 7) is 4.61. The molecular weight excluding hydrogens is 434 g/mol. The molecule has 0 aliphatic carbocycles. The van der Waals surface area contributed by atoms with E-state index in [2.05, 4.69) is 5.32 Å². The van der Waals surface area contributed by atoms with Crippen molar-refractivity contribution in [2.45, 2.75) is 20.5 Å². The average Bonchev–Trinajstić information content (AvgIpc) is 2.83. The molecular formula is C26H23N3O5. The Hall–Kier alpha value is -4.64. The molecule has 3 aromatic rings. The number of hydrogen-bond acceptors (Lipinski definition) is 6. The molecule has 0 saturated carbocycles. The van der Waals surface area contributed by atoms with Gasteiger partial charge in [-0.1, -0.05) is 48.0 Å². The first-order valence-electron chi connectivity index (χ1n) is 10.5. The van der Waals surface area contributed by atoms with Gasteiger partial charge in [0.1, 0.15) is 23.9 Å². The zero-order chi connectivity index (χ0) is 24.5. The number of rotatable bonds is 9. The number of nitriles is 1. The molecule has 8 heteroatoms. The van der Waals surface area contributed by atoms with Gasteiger partial charge in [0.05, 0.1) is 11.5 Å². The van der Waals surface area contributed by atoms with E-state index in [1.807, 2.05) is 44.2 Å². The molecule has 3 aromatic carbocycles. The van der Waals surface area contributed by atoms with Crippen molar-refractivity contribution in [3.05, 3.63) is 99.1 Å². The molecule has 172 valence electrons. The predicted octanol–water partition coefficient (Wildman–Crippen LogP) is 5.43. The number of carbonyl (C=O) groups is 1. The van der Waals surface area contributed by atoms with Gasteiger partial charge in [-0.15, -0.1) is 0 Å². The molecule has 1 amide bonds. The standard InChI is InChI=1S/C26H23N3O5/c1-3-33-25-15-20(12-13-24(25)34-17-19-10-8-18(2)9-11-19)14-21(16-27)26(30)28-22-6-4-5-7-23(22)29(31)32/h4-15H,3,17H2,1-2H3,(H,28,30). The maximum absolute atomic E-state index is 12.6. The van der Waals surface area contributed by atoms with Crippen LogP contribution in [0.15, 0.2) is 72.3 Å². The summed E-state index contributed by atoms with van der Waals surface area (Å²) in [4.78, 5) is 23.2. The van der Waals surface area contributed by atoms with Crippen molar-refractivity contribution >= 4 is 23.4 Å². The minimum absolute atomic E-state index is 0.00788. The number of ether oxygens (including phenoxy) is 2. The lowest BCUT2D eigenvalue weighted by atomic mass is 10.1. The molecule has 0 aliphatic rings. The molecule has 1 N–H and O–H groups in total. The summed E-state index contributed by atoms with van der Waals surface area (Å²) in [5.74, 6) is 0.247. The van der Waals surface area contributed by atoms with Crippen molar-refractivity contribution < 1.29 is 19.2 Å². The van der Waals surface area contributed by atoms with Gasteiger partial charge < -0.3 is 14.8 Å². The van der Waals surface area contributed by atoms with Crippen molar-refractivity contribution in [3.63, 3.8) is 0 Å². The van der Waals surface area contributed by atoms with E-state index < -0.39 is 10.8 Å². The third kappa shape index (κ3) is 6.20. The molecule has 34 heavy (non-hydrogen) atoms. The van der Waals surface area contributed by atoms with Gasteiger partial charge in [0, 0.05) is 6.07 Å². The van der Waals surface area contributed by atoms with Crippen LogP contribution in [0.5, 0.6) is 11.5 Å². The number of nitro groups is 1. The van der Waals surface area contributed by atoms with E-state index in [-0.39, 0.29) is 16.9 Å². The Balaban J connectivity index is 1.80. The van der Waals surface area contributed by atoms with E-state index in [0.717, 1.165) is 11.1 Å². The number of hydrogen-bond donors (Lipinski definition) is 1. The molecule has 0 spiro atoms. The smallest absolute Gasteiger partial charge is 0.292 e. The van der Waals surface area contributed by atoms with E-state index in [0.29, 0.717) is 30.3 Å². The number of nitro benzene ring substituents is 1. The monoisotopic (exact) mass is 457 g/mol. The largest absolute Gasteiger partial charge is 0.490 e. The van der Waals surface area contributed by atoms with Crippen molar-refractivity contribution in [3.8, 4) is 17.6 Å². The molecule has 0 aromatic heterocycles. The van der Waals surface area contributed by atoms with Crippen LogP contribution in [-0.4, -0.2) is 17.4 Å². The van der Waals surface area contributed by atoms with Gasteiger partial charge in [-0.05, 0) is 49.2 Å². The van der Waals surface area contributed by atoms with Crippen molar-refractivity contribution in [1.29, 1.82) is 5.26 Å². The van der Waals surface area contributed by atoms with Crippen LogP contribution in [0.2, 0.25) is 0 Å². The van der Waals surface area contributed by atoms with Gasteiger partial charge >= 0.3 is 0 Å². The summed E-state index contributed by atoms with van der Waals surface area (Å²) >= 11 is 0. The number of anilines is 1. The number of nitrogens with zero attached hydrogens (tertiary/aromatic N) is 2. The van der Waals surface area contributed by atoms with Crippen LogP contribution in [0, 0.1) is 28.4 Å².